The SMILES string of the molecule is Cc1ccc(OCC(=O)NNC(=O)Cc2ccccc2)c(C)c1. The van der Waals surface area contributed by atoms with Crippen LogP contribution in [0.5, 0.6) is 5.75 Å². The van der Waals surface area contributed by atoms with E-state index in [0.29, 0.717) is 5.75 Å². The highest BCUT2D eigenvalue weighted by atomic mass is 16.5. The summed E-state index contributed by atoms with van der Waals surface area (Å²) in [4.78, 5) is 23.4. The minimum atomic E-state index is -0.411. The van der Waals surface area contributed by atoms with E-state index in [0.717, 1.165) is 16.7 Å². The third-order valence-electron chi connectivity index (χ3n) is 3.24. The number of aryl methyl sites for hydroxylation is 2. The average molecular weight is 312 g/mol. The fourth-order valence-corrected chi connectivity index (χ4v) is 2.11. The maximum atomic E-state index is 11.7. The zero-order valence-electron chi connectivity index (χ0n) is 13.3. The molecule has 2 rings (SSSR count). The molecule has 0 radical (unpaired) electrons. The molecule has 2 N–H and O–H groups in total. The molecule has 0 aliphatic carbocycles. The Morgan fingerprint density at radius 2 is 1.65 bits per heavy atom. The van der Waals surface area contributed by atoms with Gasteiger partial charge in [0.2, 0.25) is 5.91 Å². The highest BCUT2D eigenvalue weighted by Gasteiger charge is 2.07. The first-order chi connectivity index (χ1) is 11.0. The van der Waals surface area contributed by atoms with Crippen molar-refractivity contribution in [2.75, 3.05) is 6.61 Å². The van der Waals surface area contributed by atoms with Gasteiger partial charge in [-0.3, -0.25) is 20.4 Å². The molecule has 5 nitrogen and oxygen atoms in total. The van der Waals surface area contributed by atoms with Gasteiger partial charge < -0.3 is 4.74 Å². The van der Waals surface area contributed by atoms with Gasteiger partial charge >= 0.3 is 0 Å². The summed E-state index contributed by atoms with van der Waals surface area (Å²) < 4.78 is 5.44. The van der Waals surface area contributed by atoms with Crippen LogP contribution in [0.1, 0.15) is 16.7 Å². The molecule has 0 bridgehead atoms. The predicted molar refractivity (Wildman–Crippen MR) is 87.8 cm³/mol. The maximum absolute atomic E-state index is 11.7. The Balaban J connectivity index is 1.73. The number of nitrogens with one attached hydrogen (secondary N) is 2. The normalized spacial score (nSPS) is 10.0. The Bertz CT molecular complexity index is 684. The molecule has 2 amide bonds. The lowest BCUT2D eigenvalue weighted by atomic mass is 10.1. The summed E-state index contributed by atoms with van der Waals surface area (Å²) in [6, 6.07) is 15.0. The standard InChI is InChI=1S/C18H20N2O3/c1-13-8-9-16(14(2)10-13)23-12-18(22)20-19-17(21)11-15-6-4-3-5-7-15/h3-10H,11-12H2,1-2H3,(H,19,21)(H,20,22). The van der Waals surface area contributed by atoms with Crippen molar-refractivity contribution in [3.8, 4) is 5.75 Å². The van der Waals surface area contributed by atoms with Crippen molar-refractivity contribution in [3.63, 3.8) is 0 Å². The Kier molecular flexibility index (Phi) is 5.74. The number of benzene rings is 2. The maximum Gasteiger partial charge on any atom is 0.276 e. The minimum absolute atomic E-state index is 0.157. The van der Waals surface area contributed by atoms with E-state index in [-0.39, 0.29) is 18.9 Å². The monoisotopic (exact) mass is 312 g/mol. The van der Waals surface area contributed by atoms with Crippen molar-refractivity contribution in [1.82, 2.24) is 10.9 Å². The number of carbonyl (C=O) groups excluding carboxylic acids is 2. The van der Waals surface area contributed by atoms with Gasteiger partial charge in [-0.15, -0.1) is 0 Å². The summed E-state index contributed by atoms with van der Waals surface area (Å²) in [7, 11) is 0. The molecular formula is C18H20N2O3. The topological polar surface area (TPSA) is 67.4 Å². The lowest BCUT2D eigenvalue weighted by molar-refractivity contribution is -0.129. The van der Waals surface area contributed by atoms with Gasteiger partial charge in [-0.1, -0.05) is 48.0 Å². The first kappa shape index (κ1) is 16.5. The average Bonchev–Trinajstić information content (AvgIpc) is 2.53. The van der Waals surface area contributed by atoms with Crippen LogP contribution in [0.3, 0.4) is 0 Å². The van der Waals surface area contributed by atoms with Gasteiger partial charge in [-0.2, -0.15) is 0 Å². The second-order valence-electron chi connectivity index (χ2n) is 5.32. The Morgan fingerprint density at radius 1 is 0.957 bits per heavy atom. The third kappa shape index (κ3) is 5.47. The first-order valence-corrected chi connectivity index (χ1v) is 7.36. The van der Waals surface area contributed by atoms with Gasteiger partial charge in [0.1, 0.15) is 5.75 Å². The van der Waals surface area contributed by atoms with E-state index in [4.69, 9.17) is 4.74 Å². The van der Waals surface area contributed by atoms with Crippen LogP contribution >= 0.6 is 0 Å². The second kappa shape index (κ2) is 7.98. The molecule has 0 heterocycles. The number of amides is 2. The largest absolute Gasteiger partial charge is 0.483 e. The van der Waals surface area contributed by atoms with Crippen molar-refractivity contribution in [1.29, 1.82) is 0 Å². The van der Waals surface area contributed by atoms with E-state index in [1.165, 1.54) is 0 Å². The van der Waals surface area contributed by atoms with Crippen LogP contribution in [0.2, 0.25) is 0 Å². The lowest BCUT2D eigenvalue weighted by Crippen LogP contribution is -2.44. The van der Waals surface area contributed by atoms with E-state index < -0.39 is 5.91 Å². The van der Waals surface area contributed by atoms with E-state index >= 15 is 0 Å². The smallest absolute Gasteiger partial charge is 0.276 e. The van der Waals surface area contributed by atoms with Crippen LogP contribution in [0, 0.1) is 13.8 Å². The lowest BCUT2D eigenvalue weighted by Gasteiger charge is -2.11. The molecule has 23 heavy (non-hydrogen) atoms. The molecule has 0 atom stereocenters. The molecule has 0 saturated heterocycles. The van der Waals surface area contributed by atoms with Crippen molar-refractivity contribution in [2.45, 2.75) is 20.3 Å². The van der Waals surface area contributed by atoms with Gasteiger partial charge in [0.15, 0.2) is 6.61 Å². The highest BCUT2D eigenvalue weighted by Crippen LogP contribution is 2.18. The summed E-state index contributed by atoms with van der Waals surface area (Å²) in [5, 5.41) is 0. The molecule has 120 valence electrons. The molecule has 0 aliphatic rings. The summed E-state index contributed by atoms with van der Waals surface area (Å²) in [5.41, 5.74) is 7.69. The first-order valence-electron chi connectivity index (χ1n) is 7.36. The molecule has 2 aromatic carbocycles. The predicted octanol–water partition coefficient (Wildman–Crippen LogP) is 2.07. The van der Waals surface area contributed by atoms with Crippen molar-refractivity contribution >= 4 is 11.8 Å². The van der Waals surface area contributed by atoms with Crippen molar-refractivity contribution < 1.29 is 14.3 Å². The molecule has 0 saturated carbocycles. The molecule has 0 aliphatic heterocycles. The van der Waals surface area contributed by atoms with Gasteiger partial charge in [-0.05, 0) is 31.0 Å². The molecule has 5 heteroatoms. The number of hydrogen-bond acceptors (Lipinski definition) is 3. The Morgan fingerprint density at radius 3 is 2.35 bits per heavy atom. The Labute approximate surface area is 135 Å². The van der Waals surface area contributed by atoms with Crippen LogP contribution in [-0.4, -0.2) is 18.4 Å². The molecule has 0 spiro atoms. The molecule has 0 fully saturated rings. The summed E-state index contributed by atoms with van der Waals surface area (Å²) >= 11 is 0. The van der Waals surface area contributed by atoms with Gasteiger partial charge in [-0.25, -0.2) is 0 Å². The van der Waals surface area contributed by atoms with Crippen LogP contribution < -0.4 is 15.6 Å². The van der Waals surface area contributed by atoms with E-state index in [1.807, 2.05) is 62.4 Å². The number of hydrazine groups is 1. The summed E-state index contributed by atoms with van der Waals surface area (Å²) in [6.45, 7) is 3.75. The Hall–Kier alpha value is -2.82. The summed E-state index contributed by atoms with van der Waals surface area (Å²) in [5.74, 6) is -0.0381. The quantitative estimate of drug-likeness (QED) is 0.831. The van der Waals surface area contributed by atoms with Crippen LogP contribution in [0.15, 0.2) is 48.5 Å². The second-order valence-corrected chi connectivity index (χ2v) is 5.32. The number of ether oxygens (including phenoxy) is 1. The number of carbonyl (C=O) groups is 2. The molecule has 0 aromatic heterocycles. The van der Waals surface area contributed by atoms with Crippen LogP contribution in [0.25, 0.3) is 0 Å². The fourth-order valence-electron chi connectivity index (χ4n) is 2.11. The third-order valence-corrected chi connectivity index (χ3v) is 3.24. The van der Waals surface area contributed by atoms with E-state index in [1.54, 1.807) is 0 Å². The fraction of sp³-hybridized carbons (Fsp3) is 0.222. The summed E-state index contributed by atoms with van der Waals surface area (Å²) in [6.07, 6.45) is 0.207. The zero-order chi connectivity index (χ0) is 16.7. The van der Waals surface area contributed by atoms with Gasteiger partial charge in [0.25, 0.3) is 5.91 Å². The van der Waals surface area contributed by atoms with Crippen molar-refractivity contribution in [2.24, 2.45) is 0 Å². The number of hydrogen-bond donors (Lipinski definition) is 2. The van der Waals surface area contributed by atoms with Crippen LogP contribution in [0.4, 0.5) is 0 Å². The molecule has 2 aromatic rings. The molecule has 0 unspecified atom stereocenters. The van der Waals surface area contributed by atoms with Gasteiger partial charge in [0.05, 0.1) is 6.42 Å². The van der Waals surface area contributed by atoms with E-state index in [2.05, 4.69) is 10.9 Å². The minimum Gasteiger partial charge on any atom is -0.483 e. The van der Waals surface area contributed by atoms with Crippen LogP contribution in [-0.2, 0) is 16.0 Å². The number of rotatable bonds is 5. The van der Waals surface area contributed by atoms with E-state index in [9.17, 15) is 9.59 Å². The van der Waals surface area contributed by atoms with Gasteiger partial charge in [0, 0.05) is 0 Å². The molecular weight excluding hydrogens is 292 g/mol. The zero-order valence-corrected chi connectivity index (χ0v) is 13.3. The van der Waals surface area contributed by atoms with Crippen molar-refractivity contribution in [3.05, 3.63) is 65.2 Å². The highest BCUT2D eigenvalue weighted by molar-refractivity contribution is 5.83.